The Kier molecular flexibility index (Phi) is 5.01. The van der Waals surface area contributed by atoms with Gasteiger partial charge in [0, 0.05) is 31.5 Å². The molecule has 29 heavy (non-hydrogen) atoms. The first kappa shape index (κ1) is 19.4. The molecule has 0 unspecified atom stereocenters. The second-order valence-corrected chi connectivity index (χ2v) is 7.91. The van der Waals surface area contributed by atoms with Gasteiger partial charge in [-0.05, 0) is 30.2 Å². The maximum Gasteiger partial charge on any atom is 0.254 e. The molecule has 2 aromatic rings. The Bertz CT molecular complexity index is 930. The van der Waals surface area contributed by atoms with Crippen LogP contribution >= 0.6 is 0 Å². The summed E-state index contributed by atoms with van der Waals surface area (Å²) < 4.78 is 0. The molecule has 5 nitrogen and oxygen atoms in total. The molecule has 1 spiro atoms. The summed E-state index contributed by atoms with van der Waals surface area (Å²) in [4.78, 5) is 28.8. The lowest BCUT2D eigenvalue weighted by Gasteiger charge is -2.70. The molecule has 2 fully saturated rings. The van der Waals surface area contributed by atoms with E-state index in [1.54, 1.807) is 9.80 Å². The van der Waals surface area contributed by atoms with Gasteiger partial charge in [-0.15, -0.1) is 0 Å². The quantitative estimate of drug-likeness (QED) is 0.873. The summed E-state index contributed by atoms with van der Waals surface area (Å²) in [5, 5.41) is 10.00. The lowest BCUT2D eigenvalue weighted by atomic mass is 9.60. The standard InChI is InChI=1S/C24H26N2O3/c1-3-7-18-10-12-19(13-11-18)22-21(14-27)26(17(2)28)24(22)15-25(16-24)23(29)20-8-5-4-6-9-20/h3-13,21-22,27H,14-16H2,1-2H3/b7-3+/t21-,22-/m1/s1. The zero-order valence-electron chi connectivity index (χ0n) is 16.8. The number of aliphatic hydroxyl groups is 1. The van der Waals surface area contributed by atoms with E-state index in [1.165, 1.54) is 6.92 Å². The molecule has 2 saturated heterocycles. The number of likely N-dealkylation sites (tertiary alicyclic amines) is 2. The summed E-state index contributed by atoms with van der Waals surface area (Å²) in [6.07, 6.45) is 4.03. The maximum absolute atomic E-state index is 12.8. The highest BCUT2D eigenvalue weighted by molar-refractivity contribution is 5.95. The van der Waals surface area contributed by atoms with Crippen molar-refractivity contribution in [1.82, 2.24) is 9.80 Å². The second kappa shape index (κ2) is 7.48. The fourth-order valence-electron chi connectivity index (χ4n) is 5.05. The molecule has 2 aliphatic rings. The van der Waals surface area contributed by atoms with E-state index in [9.17, 15) is 14.7 Å². The maximum atomic E-state index is 12.8. The van der Waals surface area contributed by atoms with E-state index in [0.29, 0.717) is 18.7 Å². The zero-order chi connectivity index (χ0) is 20.6. The highest BCUT2D eigenvalue weighted by Crippen LogP contribution is 2.54. The van der Waals surface area contributed by atoms with Gasteiger partial charge in [0.05, 0.1) is 18.2 Å². The Morgan fingerprint density at radius 1 is 1.10 bits per heavy atom. The predicted molar refractivity (Wildman–Crippen MR) is 112 cm³/mol. The van der Waals surface area contributed by atoms with E-state index >= 15 is 0 Å². The average molecular weight is 390 g/mol. The molecular formula is C24H26N2O3. The number of hydrogen-bond donors (Lipinski definition) is 1. The number of hydrogen-bond acceptors (Lipinski definition) is 3. The van der Waals surface area contributed by atoms with Gasteiger partial charge in [-0.25, -0.2) is 0 Å². The van der Waals surface area contributed by atoms with Gasteiger partial charge in [0.25, 0.3) is 5.91 Å². The first-order valence-corrected chi connectivity index (χ1v) is 9.99. The third kappa shape index (κ3) is 3.06. The molecule has 2 heterocycles. The first-order chi connectivity index (χ1) is 14.0. The molecular weight excluding hydrogens is 364 g/mol. The van der Waals surface area contributed by atoms with Crippen molar-refractivity contribution in [2.24, 2.45) is 0 Å². The van der Waals surface area contributed by atoms with E-state index in [-0.39, 0.29) is 30.4 Å². The summed E-state index contributed by atoms with van der Waals surface area (Å²) in [5.41, 5.74) is 2.43. The molecule has 4 rings (SSSR count). The predicted octanol–water partition coefficient (Wildman–Crippen LogP) is 2.92. The minimum Gasteiger partial charge on any atom is -0.394 e. The summed E-state index contributed by atoms with van der Waals surface area (Å²) >= 11 is 0. The minimum absolute atomic E-state index is 0.0101. The van der Waals surface area contributed by atoms with Gasteiger partial charge in [0.1, 0.15) is 0 Å². The summed E-state index contributed by atoms with van der Waals surface area (Å²) in [6.45, 7) is 4.40. The molecule has 2 amide bonds. The number of amides is 2. The lowest BCUT2D eigenvalue weighted by Crippen LogP contribution is -2.85. The molecule has 5 heteroatoms. The largest absolute Gasteiger partial charge is 0.394 e. The molecule has 2 aromatic carbocycles. The number of rotatable bonds is 4. The van der Waals surface area contributed by atoms with E-state index in [1.807, 2.05) is 49.4 Å². The van der Waals surface area contributed by atoms with Crippen LogP contribution < -0.4 is 0 Å². The van der Waals surface area contributed by atoms with Crippen LogP contribution in [0.3, 0.4) is 0 Å². The average Bonchev–Trinajstić information content (AvgIpc) is 2.68. The van der Waals surface area contributed by atoms with Crippen molar-refractivity contribution in [1.29, 1.82) is 0 Å². The lowest BCUT2D eigenvalue weighted by molar-refractivity contribution is -0.191. The summed E-state index contributed by atoms with van der Waals surface area (Å²) in [7, 11) is 0. The Morgan fingerprint density at radius 2 is 1.76 bits per heavy atom. The van der Waals surface area contributed by atoms with Crippen LogP contribution in [-0.2, 0) is 4.79 Å². The van der Waals surface area contributed by atoms with Gasteiger partial charge in [-0.2, -0.15) is 0 Å². The second-order valence-electron chi connectivity index (χ2n) is 7.91. The third-order valence-corrected chi connectivity index (χ3v) is 6.19. The van der Waals surface area contributed by atoms with Crippen molar-refractivity contribution in [3.05, 3.63) is 77.4 Å². The summed E-state index contributed by atoms with van der Waals surface area (Å²) in [6, 6.07) is 17.2. The highest BCUT2D eigenvalue weighted by Gasteiger charge is 2.67. The van der Waals surface area contributed by atoms with Crippen LogP contribution in [0.4, 0.5) is 0 Å². The number of carbonyl (C=O) groups excluding carboxylic acids is 2. The smallest absolute Gasteiger partial charge is 0.254 e. The van der Waals surface area contributed by atoms with Crippen molar-refractivity contribution in [3.8, 4) is 0 Å². The van der Waals surface area contributed by atoms with Gasteiger partial charge in [-0.3, -0.25) is 9.59 Å². The van der Waals surface area contributed by atoms with E-state index in [0.717, 1.165) is 11.1 Å². The van der Waals surface area contributed by atoms with Gasteiger partial charge in [0.2, 0.25) is 5.91 Å². The van der Waals surface area contributed by atoms with Crippen molar-refractivity contribution in [3.63, 3.8) is 0 Å². The van der Waals surface area contributed by atoms with Gasteiger partial charge in [0.15, 0.2) is 0 Å². The molecule has 0 radical (unpaired) electrons. The van der Waals surface area contributed by atoms with Gasteiger partial charge < -0.3 is 14.9 Å². The number of nitrogens with zero attached hydrogens (tertiary/aromatic N) is 2. The highest BCUT2D eigenvalue weighted by atomic mass is 16.3. The van der Waals surface area contributed by atoms with E-state index in [4.69, 9.17) is 0 Å². The normalized spacial score (nSPS) is 22.4. The number of benzene rings is 2. The van der Waals surface area contributed by atoms with Gasteiger partial charge >= 0.3 is 0 Å². The van der Waals surface area contributed by atoms with Crippen LogP contribution in [0.25, 0.3) is 6.08 Å². The van der Waals surface area contributed by atoms with E-state index < -0.39 is 5.54 Å². The number of aliphatic hydroxyl groups excluding tert-OH is 1. The monoisotopic (exact) mass is 390 g/mol. The van der Waals surface area contributed by atoms with Crippen LogP contribution in [0.5, 0.6) is 0 Å². The molecule has 1 N–H and O–H groups in total. The van der Waals surface area contributed by atoms with Crippen LogP contribution in [0, 0.1) is 0 Å². The number of allylic oxidation sites excluding steroid dienone is 1. The molecule has 2 aliphatic heterocycles. The molecule has 0 saturated carbocycles. The SMILES string of the molecule is C/C=C/c1ccc([C@@H]2[C@@H](CO)N(C(C)=O)C23CN(C(=O)c2ccccc2)C3)cc1. The van der Waals surface area contributed by atoms with Crippen molar-refractivity contribution < 1.29 is 14.7 Å². The topological polar surface area (TPSA) is 60.9 Å². The number of carbonyl (C=O) groups is 2. The molecule has 0 aliphatic carbocycles. The molecule has 150 valence electrons. The molecule has 0 aromatic heterocycles. The third-order valence-electron chi connectivity index (χ3n) is 6.19. The molecule has 2 atom stereocenters. The van der Waals surface area contributed by atoms with Crippen LogP contribution in [-0.4, -0.2) is 58.0 Å². The van der Waals surface area contributed by atoms with Crippen LogP contribution in [0.2, 0.25) is 0 Å². The Balaban J connectivity index is 1.61. The van der Waals surface area contributed by atoms with Crippen molar-refractivity contribution >= 4 is 17.9 Å². The Labute approximate surface area is 171 Å². The van der Waals surface area contributed by atoms with E-state index in [2.05, 4.69) is 24.3 Å². The van der Waals surface area contributed by atoms with Crippen molar-refractivity contribution in [2.75, 3.05) is 19.7 Å². The zero-order valence-corrected chi connectivity index (χ0v) is 16.8. The van der Waals surface area contributed by atoms with Gasteiger partial charge in [-0.1, -0.05) is 54.6 Å². The Hall–Kier alpha value is -2.92. The Morgan fingerprint density at radius 3 is 2.31 bits per heavy atom. The first-order valence-electron chi connectivity index (χ1n) is 9.99. The summed E-state index contributed by atoms with van der Waals surface area (Å²) in [5.74, 6) is -0.0668. The minimum atomic E-state index is -0.439. The fraction of sp³-hybridized carbons (Fsp3) is 0.333. The van der Waals surface area contributed by atoms with Crippen molar-refractivity contribution in [2.45, 2.75) is 31.3 Å². The van der Waals surface area contributed by atoms with Crippen LogP contribution in [0.1, 0.15) is 41.3 Å². The van der Waals surface area contributed by atoms with Crippen LogP contribution in [0.15, 0.2) is 60.7 Å². The molecule has 0 bridgehead atoms. The fourth-order valence-corrected chi connectivity index (χ4v) is 5.05.